The van der Waals surface area contributed by atoms with Gasteiger partial charge in [-0.2, -0.15) is 0 Å². The molecule has 0 saturated carbocycles. The molecule has 60 valence electrons. The fourth-order valence-electron chi connectivity index (χ4n) is 1.10. The quantitative estimate of drug-likeness (QED) is 0.481. The molecule has 0 atom stereocenters. The minimum atomic E-state index is 0.667. The molecular formula is C8H12N2W. The van der Waals surface area contributed by atoms with Crippen LogP contribution in [0.1, 0.15) is 15.2 Å². The maximum absolute atomic E-state index is 7.60. The van der Waals surface area contributed by atoms with Crippen LogP contribution in [0.2, 0.25) is 0 Å². The molecule has 0 aromatic heterocycles. The van der Waals surface area contributed by atoms with Gasteiger partial charge < -0.3 is 0 Å². The predicted octanol–water partition coefficient (Wildman–Crippen LogP) is 0.207. The molecule has 0 bridgehead atoms. The molecule has 3 heteroatoms. The van der Waals surface area contributed by atoms with Gasteiger partial charge in [-0.25, -0.2) is 0 Å². The Hall–Kier alpha value is -0.362. The molecule has 0 saturated heterocycles. The Morgan fingerprint density at radius 3 is 2.55 bits per heavy atom. The second-order valence-electron chi connectivity index (χ2n) is 2.57. The van der Waals surface area contributed by atoms with Crippen LogP contribution in [0.15, 0.2) is 0 Å². The molecule has 1 rings (SSSR count). The van der Waals surface area contributed by atoms with Gasteiger partial charge in [-0.3, -0.25) is 0 Å². The van der Waals surface area contributed by atoms with Crippen LogP contribution >= 0.6 is 0 Å². The van der Waals surface area contributed by atoms with Crippen molar-refractivity contribution < 1.29 is 29.9 Å². The van der Waals surface area contributed by atoms with Crippen LogP contribution in [-0.2, 0) is 19.4 Å². The van der Waals surface area contributed by atoms with Crippen LogP contribution in [0.25, 0.3) is 0 Å². The number of amidine groups is 1. The van der Waals surface area contributed by atoms with Crippen molar-refractivity contribution in [3.8, 4) is 0 Å². The van der Waals surface area contributed by atoms with Crippen LogP contribution in [0.3, 0.4) is 0 Å². The number of nitrogens with zero attached hydrogens (tertiary/aromatic N) is 2. The molecule has 2 nitrogen and oxygen atoms in total. The van der Waals surface area contributed by atoms with Gasteiger partial charge in [0.15, 0.2) is 0 Å². The molecule has 0 spiro atoms. The van der Waals surface area contributed by atoms with Crippen molar-refractivity contribution in [1.29, 1.82) is 0 Å². The number of rotatable bonds is 1. The summed E-state index contributed by atoms with van der Waals surface area (Å²) in [6, 6.07) is 2.06. The van der Waals surface area contributed by atoms with E-state index in [2.05, 4.69) is 6.72 Å². The van der Waals surface area contributed by atoms with Gasteiger partial charge >= 0.3 is 79.8 Å². The van der Waals surface area contributed by atoms with E-state index >= 15 is 0 Å². The van der Waals surface area contributed by atoms with Gasteiger partial charge in [0.05, 0.1) is 0 Å². The van der Waals surface area contributed by atoms with Crippen molar-refractivity contribution in [2.45, 2.75) is 13.8 Å². The van der Waals surface area contributed by atoms with Crippen LogP contribution < -0.4 is 0 Å². The van der Waals surface area contributed by atoms with Gasteiger partial charge in [-0.05, 0) is 0 Å². The zero-order valence-corrected chi connectivity index (χ0v) is 9.94. The van der Waals surface area contributed by atoms with Gasteiger partial charge in [0, 0.05) is 0 Å². The summed E-state index contributed by atoms with van der Waals surface area (Å²) in [4.78, 5) is 0. The zero-order valence-electron chi connectivity index (χ0n) is 8.01. The summed E-state index contributed by atoms with van der Waals surface area (Å²) >= 11 is 1.19. The zero-order chi connectivity index (χ0) is 9.46. The topological polar surface area (TPSA) is 6.02 Å². The van der Waals surface area contributed by atoms with Crippen LogP contribution in [0, 0.1) is 12.1 Å². The first-order valence-electron chi connectivity index (χ1n) is 3.86. The Bertz CT molecular complexity index is 283. The third-order valence-electron chi connectivity index (χ3n) is 2.06. The van der Waals surface area contributed by atoms with Crippen LogP contribution in [0.4, 0.5) is 0 Å². The van der Waals surface area contributed by atoms with E-state index in [0.717, 1.165) is 17.9 Å². The molecule has 0 aliphatic carbocycles. The van der Waals surface area contributed by atoms with Gasteiger partial charge in [-0.15, -0.1) is 0 Å². The first-order valence-corrected chi connectivity index (χ1v) is 4.83. The Morgan fingerprint density at radius 2 is 2.36 bits per heavy atom. The van der Waals surface area contributed by atoms with Gasteiger partial charge in [-0.1, -0.05) is 0 Å². The van der Waals surface area contributed by atoms with Crippen molar-refractivity contribution in [2.75, 3.05) is 7.05 Å². The molecule has 1 aliphatic rings. The monoisotopic (exact) mass is 322 g/mol. The van der Waals surface area contributed by atoms with Crippen molar-refractivity contribution >= 4 is 16.9 Å². The summed E-state index contributed by atoms with van der Waals surface area (Å²) in [7, 11) is 1.97. The molecule has 0 radical (unpaired) electrons. The molecule has 0 N–H and O–H groups in total. The minimum absolute atomic E-state index is 0.667. The van der Waals surface area contributed by atoms with Gasteiger partial charge in [0.25, 0.3) is 0 Å². The van der Waals surface area contributed by atoms with E-state index in [1.165, 1.54) is 19.4 Å². The van der Waals surface area contributed by atoms with E-state index < -0.39 is 0 Å². The number of hydrogen-bond acceptors (Lipinski definition) is 0. The first-order chi connectivity index (χ1) is 5.46. The number of hydrogen-bond donors (Lipinski definition) is 0. The third-order valence-corrected chi connectivity index (χ3v) is 2.75. The van der Waals surface area contributed by atoms with Gasteiger partial charge in [0.1, 0.15) is 0 Å². The standard InChI is InChI=1S/C8H12N2.W/c1-6-7(2)10(5)8(3)9(6)4;/h1H,5H2,2-4H3;/i1T;. The molecule has 0 unspecified atom stereocenters. The molecule has 0 amide bonds. The van der Waals surface area contributed by atoms with E-state index in [9.17, 15) is 0 Å². The average molecular weight is 322 g/mol. The molecular weight excluding hydrogens is 308 g/mol. The Kier molecular flexibility index (Phi) is 1.95. The van der Waals surface area contributed by atoms with E-state index in [-0.39, 0.29) is 0 Å². The van der Waals surface area contributed by atoms with E-state index in [0.29, 0.717) is 4.38 Å². The number of likely N-dealkylation sites (N-methyl/N-ethyl adjacent to an activating group) is 1. The molecule has 11 heavy (non-hydrogen) atoms. The van der Waals surface area contributed by atoms with Crippen molar-refractivity contribution in [3.63, 3.8) is 0 Å². The van der Waals surface area contributed by atoms with Crippen LogP contribution in [-0.4, -0.2) is 33.1 Å². The molecule has 0 aromatic carbocycles. The average Bonchev–Trinajstić information content (AvgIpc) is 2.16. The van der Waals surface area contributed by atoms with E-state index in [1.807, 2.05) is 30.0 Å². The molecule has 0 aromatic rings. The summed E-state index contributed by atoms with van der Waals surface area (Å²) in [5.74, 6) is 1.08. The molecule has 1 heterocycles. The third kappa shape index (κ3) is 1.20. The van der Waals surface area contributed by atoms with Crippen molar-refractivity contribution in [1.82, 2.24) is 0 Å². The normalized spacial score (nSPS) is 19.5. The summed E-state index contributed by atoms with van der Waals surface area (Å²) in [6.45, 7) is 7.89. The van der Waals surface area contributed by atoms with Crippen molar-refractivity contribution in [3.05, 3.63) is 12.1 Å². The summed E-state index contributed by atoms with van der Waals surface area (Å²) in [5, 5.41) is 0. The Morgan fingerprint density at radius 1 is 1.82 bits per heavy atom. The van der Waals surface area contributed by atoms with E-state index in [1.54, 1.807) is 0 Å². The van der Waals surface area contributed by atoms with E-state index in [4.69, 9.17) is 1.37 Å². The Labute approximate surface area is 80.1 Å². The molecule has 1 aliphatic heterocycles. The fourth-order valence-corrected chi connectivity index (χ4v) is 2.12. The Balaban J connectivity index is 3.07. The predicted molar refractivity (Wildman–Crippen MR) is 42.5 cm³/mol. The van der Waals surface area contributed by atoms with Crippen LogP contribution in [0.5, 0.6) is 0 Å². The maximum atomic E-state index is 7.60. The van der Waals surface area contributed by atoms with Crippen molar-refractivity contribution in [2.24, 2.45) is 0 Å². The second kappa shape index (κ2) is 2.94. The SMILES string of the molecule is [3H][C](=[W])[C-]1[C-](C)[N+](=C)C(C)=[N+]1C. The van der Waals surface area contributed by atoms with Gasteiger partial charge in [0.2, 0.25) is 0 Å². The molecule has 0 fully saturated rings. The summed E-state index contributed by atoms with van der Waals surface area (Å²) in [5.41, 5.74) is 0. The second-order valence-corrected chi connectivity index (χ2v) is 3.30. The first kappa shape index (κ1) is 7.30. The fraction of sp³-hybridized carbons (Fsp3) is 0.375. The summed E-state index contributed by atoms with van der Waals surface area (Å²) < 4.78 is 12.1. The summed E-state index contributed by atoms with van der Waals surface area (Å²) in [6.07, 6.45) is 0.